The Kier molecular flexibility index (Phi) is 4.06. The van der Waals surface area contributed by atoms with Gasteiger partial charge < -0.3 is 10.2 Å². The summed E-state index contributed by atoms with van der Waals surface area (Å²) < 4.78 is 0. The fraction of sp³-hybridized carbons (Fsp3) is 0.588. The lowest BCUT2D eigenvalue weighted by atomic mass is 9.91. The van der Waals surface area contributed by atoms with Gasteiger partial charge in [-0.2, -0.15) is 0 Å². The normalized spacial score (nSPS) is 23.4. The SMILES string of the molecule is CC1CCc2ccccc2N1C(=O)CC1CCNCC1. The van der Waals surface area contributed by atoms with Crippen molar-refractivity contribution >= 4 is 11.6 Å². The molecule has 0 aliphatic carbocycles. The maximum absolute atomic E-state index is 12.7. The molecule has 2 aliphatic heterocycles. The molecule has 1 fully saturated rings. The van der Waals surface area contributed by atoms with Crippen molar-refractivity contribution in [3.63, 3.8) is 0 Å². The third kappa shape index (κ3) is 2.73. The van der Waals surface area contributed by atoms with E-state index < -0.39 is 0 Å². The Hall–Kier alpha value is -1.35. The Balaban J connectivity index is 1.76. The molecule has 3 heteroatoms. The molecular weight excluding hydrogens is 248 g/mol. The second-order valence-electron chi connectivity index (χ2n) is 6.18. The van der Waals surface area contributed by atoms with Gasteiger partial charge in [0.15, 0.2) is 0 Å². The molecule has 0 bridgehead atoms. The predicted octanol–water partition coefficient (Wildman–Crippen LogP) is 2.74. The van der Waals surface area contributed by atoms with Crippen LogP contribution in [0.25, 0.3) is 0 Å². The summed E-state index contributed by atoms with van der Waals surface area (Å²) in [5, 5.41) is 3.37. The van der Waals surface area contributed by atoms with Crippen LogP contribution >= 0.6 is 0 Å². The van der Waals surface area contributed by atoms with Gasteiger partial charge in [-0.1, -0.05) is 18.2 Å². The lowest BCUT2D eigenvalue weighted by Crippen LogP contribution is -2.43. The molecule has 0 radical (unpaired) electrons. The number of piperidine rings is 1. The molecule has 2 aliphatic rings. The van der Waals surface area contributed by atoms with Gasteiger partial charge in [0.25, 0.3) is 0 Å². The number of amides is 1. The number of benzene rings is 1. The number of hydrogen-bond acceptors (Lipinski definition) is 2. The number of para-hydroxylation sites is 1. The minimum Gasteiger partial charge on any atom is -0.317 e. The summed E-state index contributed by atoms with van der Waals surface area (Å²) in [4.78, 5) is 14.8. The Morgan fingerprint density at radius 1 is 1.25 bits per heavy atom. The average molecular weight is 272 g/mol. The molecular formula is C17H24N2O. The highest BCUT2D eigenvalue weighted by Gasteiger charge is 2.29. The molecule has 1 N–H and O–H groups in total. The molecule has 1 atom stereocenters. The van der Waals surface area contributed by atoms with E-state index in [9.17, 15) is 4.79 Å². The number of fused-ring (bicyclic) bond motifs is 1. The summed E-state index contributed by atoms with van der Waals surface area (Å²) in [7, 11) is 0. The van der Waals surface area contributed by atoms with E-state index in [0.29, 0.717) is 24.3 Å². The van der Waals surface area contributed by atoms with Crippen LogP contribution in [-0.2, 0) is 11.2 Å². The third-order valence-corrected chi connectivity index (χ3v) is 4.71. The van der Waals surface area contributed by atoms with Gasteiger partial charge >= 0.3 is 0 Å². The van der Waals surface area contributed by atoms with Crippen LogP contribution in [0.5, 0.6) is 0 Å². The van der Waals surface area contributed by atoms with Crippen LogP contribution in [0, 0.1) is 5.92 Å². The minimum atomic E-state index is 0.316. The second kappa shape index (κ2) is 5.96. The highest BCUT2D eigenvalue weighted by Crippen LogP contribution is 2.32. The van der Waals surface area contributed by atoms with E-state index in [2.05, 4.69) is 35.3 Å². The van der Waals surface area contributed by atoms with Gasteiger partial charge in [-0.15, -0.1) is 0 Å². The van der Waals surface area contributed by atoms with Crippen LogP contribution < -0.4 is 10.2 Å². The zero-order valence-electron chi connectivity index (χ0n) is 12.3. The van der Waals surface area contributed by atoms with Gasteiger partial charge in [-0.05, 0) is 63.2 Å². The quantitative estimate of drug-likeness (QED) is 0.898. The van der Waals surface area contributed by atoms with Crippen molar-refractivity contribution in [3.05, 3.63) is 29.8 Å². The molecule has 0 aromatic heterocycles. The van der Waals surface area contributed by atoms with Gasteiger partial charge in [0.2, 0.25) is 5.91 Å². The van der Waals surface area contributed by atoms with Crippen LogP contribution in [0.1, 0.15) is 38.2 Å². The number of rotatable bonds is 2. The molecule has 1 aromatic carbocycles. The zero-order chi connectivity index (χ0) is 13.9. The first kappa shape index (κ1) is 13.6. The number of anilines is 1. The summed E-state index contributed by atoms with van der Waals surface area (Å²) in [5.74, 6) is 0.876. The van der Waals surface area contributed by atoms with Crippen molar-refractivity contribution in [2.24, 2.45) is 5.92 Å². The van der Waals surface area contributed by atoms with Crippen LogP contribution in [0.3, 0.4) is 0 Å². The van der Waals surface area contributed by atoms with E-state index in [4.69, 9.17) is 0 Å². The van der Waals surface area contributed by atoms with Gasteiger partial charge in [-0.3, -0.25) is 4.79 Å². The Bertz CT molecular complexity index is 480. The number of carbonyl (C=O) groups excluding carboxylic acids is 1. The van der Waals surface area contributed by atoms with Crippen LogP contribution in [0.2, 0.25) is 0 Å². The maximum atomic E-state index is 12.7. The lowest BCUT2D eigenvalue weighted by Gasteiger charge is -2.36. The highest BCUT2D eigenvalue weighted by molar-refractivity contribution is 5.95. The van der Waals surface area contributed by atoms with Crippen LogP contribution in [0.4, 0.5) is 5.69 Å². The second-order valence-corrected chi connectivity index (χ2v) is 6.18. The van der Waals surface area contributed by atoms with Crippen molar-refractivity contribution in [1.82, 2.24) is 5.32 Å². The molecule has 20 heavy (non-hydrogen) atoms. The molecule has 2 heterocycles. The number of hydrogen-bond donors (Lipinski definition) is 1. The number of nitrogens with zero attached hydrogens (tertiary/aromatic N) is 1. The van der Waals surface area contributed by atoms with E-state index >= 15 is 0 Å². The first-order valence-electron chi connectivity index (χ1n) is 7.86. The summed E-state index contributed by atoms with van der Waals surface area (Å²) >= 11 is 0. The van der Waals surface area contributed by atoms with Crippen molar-refractivity contribution in [2.45, 2.75) is 45.1 Å². The number of nitrogens with one attached hydrogen (secondary N) is 1. The van der Waals surface area contributed by atoms with Gasteiger partial charge in [0.05, 0.1) is 0 Å². The van der Waals surface area contributed by atoms with Gasteiger partial charge in [-0.25, -0.2) is 0 Å². The standard InChI is InChI=1S/C17H24N2O/c1-13-6-7-15-4-2-3-5-16(15)19(13)17(20)12-14-8-10-18-11-9-14/h2-5,13-14,18H,6-12H2,1H3. The summed E-state index contributed by atoms with van der Waals surface area (Å²) in [6.45, 7) is 4.30. The first-order valence-corrected chi connectivity index (χ1v) is 7.86. The molecule has 1 aromatic rings. The Morgan fingerprint density at radius 3 is 2.80 bits per heavy atom. The van der Waals surface area contributed by atoms with Crippen molar-refractivity contribution in [1.29, 1.82) is 0 Å². The molecule has 0 spiro atoms. The van der Waals surface area contributed by atoms with E-state index in [-0.39, 0.29) is 0 Å². The Labute approximate surface area is 121 Å². The van der Waals surface area contributed by atoms with Gasteiger partial charge in [0, 0.05) is 18.2 Å². The molecule has 108 valence electrons. The predicted molar refractivity (Wildman–Crippen MR) is 81.9 cm³/mol. The monoisotopic (exact) mass is 272 g/mol. The van der Waals surface area contributed by atoms with Crippen molar-refractivity contribution in [2.75, 3.05) is 18.0 Å². The largest absolute Gasteiger partial charge is 0.317 e. The van der Waals surface area contributed by atoms with E-state index in [1.807, 2.05) is 6.07 Å². The smallest absolute Gasteiger partial charge is 0.227 e. The van der Waals surface area contributed by atoms with E-state index in [0.717, 1.165) is 44.5 Å². The molecule has 3 nitrogen and oxygen atoms in total. The van der Waals surface area contributed by atoms with Gasteiger partial charge in [0.1, 0.15) is 0 Å². The fourth-order valence-corrected chi connectivity index (χ4v) is 3.50. The van der Waals surface area contributed by atoms with Crippen molar-refractivity contribution < 1.29 is 4.79 Å². The van der Waals surface area contributed by atoms with Crippen LogP contribution in [-0.4, -0.2) is 25.0 Å². The first-order chi connectivity index (χ1) is 9.75. The molecule has 1 saturated heterocycles. The maximum Gasteiger partial charge on any atom is 0.227 e. The Morgan fingerprint density at radius 2 is 2.00 bits per heavy atom. The topological polar surface area (TPSA) is 32.3 Å². The molecule has 0 saturated carbocycles. The number of carbonyl (C=O) groups is 1. The van der Waals surface area contributed by atoms with Crippen molar-refractivity contribution in [3.8, 4) is 0 Å². The molecule has 1 amide bonds. The lowest BCUT2D eigenvalue weighted by molar-refractivity contribution is -0.120. The van der Waals surface area contributed by atoms with E-state index in [1.165, 1.54) is 5.56 Å². The van der Waals surface area contributed by atoms with Crippen LogP contribution in [0.15, 0.2) is 24.3 Å². The summed E-state index contributed by atoms with van der Waals surface area (Å²) in [6, 6.07) is 8.71. The average Bonchev–Trinajstić information content (AvgIpc) is 2.48. The van der Waals surface area contributed by atoms with E-state index in [1.54, 1.807) is 0 Å². The molecule has 3 rings (SSSR count). The number of aryl methyl sites for hydroxylation is 1. The fourth-order valence-electron chi connectivity index (χ4n) is 3.50. The zero-order valence-corrected chi connectivity index (χ0v) is 12.3. The highest BCUT2D eigenvalue weighted by atomic mass is 16.2. The molecule has 1 unspecified atom stereocenters. The third-order valence-electron chi connectivity index (χ3n) is 4.71. The summed E-state index contributed by atoms with van der Waals surface area (Å²) in [6.07, 6.45) is 5.15. The summed E-state index contributed by atoms with van der Waals surface area (Å²) in [5.41, 5.74) is 2.47. The minimum absolute atomic E-state index is 0.316.